The number of carboxylic acid groups (broad SMARTS) is 2. The number of primary amides is 1. The van der Waals surface area contributed by atoms with Crippen molar-refractivity contribution < 1.29 is 39.0 Å². The average molecular weight is 545 g/mol. The largest absolute Gasteiger partial charge is 0.481 e. The van der Waals surface area contributed by atoms with Crippen molar-refractivity contribution in [2.24, 2.45) is 5.73 Å². The number of amides is 4. The predicted molar refractivity (Wildman–Crippen MR) is 137 cm³/mol. The summed E-state index contributed by atoms with van der Waals surface area (Å²) in [5.41, 5.74) is 6.63. The summed E-state index contributed by atoms with van der Waals surface area (Å²) in [7, 11) is 0. The Morgan fingerprint density at radius 1 is 0.974 bits per heavy atom. The quantitative estimate of drug-likeness (QED) is 0.142. The second kappa shape index (κ2) is 13.4. The van der Waals surface area contributed by atoms with Crippen LogP contribution in [0.1, 0.15) is 37.7 Å². The molecular weight excluding hydrogens is 512 g/mol. The summed E-state index contributed by atoms with van der Waals surface area (Å²) in [5, 5.41) is 29.9. The number of carbonyl (C=O) groups excluding carboxylic acids is 4. The summed E-state index contributed by atoms with van der Waals surface area (Å²) in [4.78, 5) is 76.3. The lowest BCUT2D eigenvalue weighted by molar-refractivity contribution is -0.143. The summed E-state index contributed by atoms with van der Waals surface area (Å²) in [6.07, 6.45) is 1.47. The van der Waals surface area contributed by atoms with Crippen molar-refractivity contribution in [1.82, 2.24) is 26.3 Å². The monoisotopic (exact) mass is 544 g/mol. The van der Waals surface area contributed by atoms with Gasteiger partial charge in [0.1, 0.15) is 18.1 Å². The molecule has 2 heterocycles. The van der Waals surface area contributed by atoms with Gasteiger partial charge in [-0.1, -0.05) is 18.2 Å². The van der Waals surface area contributed by atoms with E-state index in [-0.39, 0.29) is 19.3 Å². The van der Waals surface area contributed by atoms with E-state index >= 15 is 0 Å². The number of aliphatic carboxylic acids is 2. The lowest BCUT2D eigenvalue weighted by atomic mass is 10.0. The van der Waals surface area contributed by atoms with Gasteiger partial charge in [0, 0.05) is 29.9 Å². The fourth-order valence-corrected chi connectivity index (χ4v) is 4.39. The lowest BCUT2D eigenvalue weighted by Crippen LogP contribution is -2.57. The highest BCUT2D eigenvalue weighted by Crippen LogP contribution is 2.19. The van der Waals surface area contributed by atoms with Crippen LogP contribution in [0.3, 0.4) is 0 Å². The summed E-state index contributed by atoms with van der Waals surface area (Å²) in [5.74, 6) is -5.90. The third-order valence-electron chi connectivity index (χ3n) is 6.41. The summed E-state index contributed by atoms with van der Waals surface area (Å²) < 4.78 is 0. The Labute approximate surface area is 223 Å². The highest BCUT2D eigenvalue weighted by Gasteiger charge is 2.33. The van der Waals surface area contributed by atoms with E-state index in [0.29, 0.717) is 18.5 Å². The molecule has 1 aliphatic heterocycles. The van der Waals surface area contributed by atoms with E-state index in [4.69, 9.17) is 5.73 Å². The van der Waals surface area contributed by atoms with E-state index in [1.807, 2.05) is 12.1 Å². The number of carboxylic acids is 2. The van der Waals surface area contributed by atoms with Gasteiger partial charge in [-0.05, 0) is 37.4 Å². The number of fused-ring (bicyclic) bond motifs is 1. The predicted octanol–water partition coefficient (Wildman–Crippen LogP) is -1.26. The first kappa shape index (κ1) is 29.1. The van der Waals surface area contributed by atoms with Gasteiger partial charge in [-0.25, -0.2) is 4.79 Å². The second-order valence-electron chi connectivity index (χ2n) is 9.34. The molecule has 1 aliphatic rings. The number of hydrogen-bond acceptors (Lipinski definition) is 7. The van der Waals surface area contributed by atoms with Gasteiger partial charge in [0.2, 0.25) is 23.6 Å². The third-order valence-corrected chi connectivity index (χ3v) is 6.41. The number of H-pyrrole nitrogens is 1. The molecule has 1 aromatic heterocycles. The molecule has 14 nitrogen and oxygen atoms in total. The van der Waals surface area contributed by atoms with Crippen molar-refractivity contribution in [3.8, 4) is 0 Å². The van der Waals surface area contributed by atoms with Crippen molar-refractivity contribution in [2.75, 3.05) is 6.54 Å². The topological polar surface area (TPSA) is 233 Å². The molecule has 210 valence electrons. The van der Waals surface area contributed by atoms with Crippen LogP contribution in [0.4, 0.5) is 0 Å². The number of nitrogens with one attached hydrogen (secondary N) is 5. The molecule has 0 aliphatic carbocycles. The first-order chi connectivity index (χ1) is 18.5. The Hall–Kier alpha value is -4.46. The molecule has 39 heavy (non-hydrogen) atoms. The molecule has 4 unspecified atom stereocenters. The number of nitrogens with two attached hydrogens (primary N) is 1. The molecule has 1 fully saturated rings. The Morgan fingerprint density at radius 2 is 1.67 bits per heavy atom. The van der Waals surface area contributed by atoms with Gasteiger partial charge in [-0.3, -0.25) is 24.0 Å². The van der Waals surface area contributed by atoms with Gasteiger partial charge in [0.05, 0.1) is 12.5 Å². The van der Waals surface area contributed by atoms with Gasteiger partial charge < -0.3 is 42.2 Å². The Kier molecular flexibility index (Phi) is 9.98. The Bertz CT molecular complexity index is 1240. The number of rotatable bonds is 14. The number of benzene rings is 1. The van der Waals surface area contributed by atoms with Crippen molar-refractivity contribution in [2.45, 2.75) is 62.7 Å². The van der Waals surface area contributed by atoms with Gasteiger partial charge in [-0.2, -0.15) is 0 Å². The van der Waals surface area contributed by atoms with Gasteiger partial charge in [0.25, 0.3) is 0 Å². The van der Waals surface area contributed by atoms with Crippen LogP contribution >= 0.6 is 0 Å². The van der Waals surface area contributed by atoms with Crippen LogP contribution in [0.5, 0.6) is 0 Å². The highest BCUT2D eigenvalue weighted by molar-refractivity contribution is 5.96. The zero-order valence-corrected chi connectivity index (χ0v) is 21.1. The maximum absolute atomic E-state index is 13.1. The number of hydrogen-bond donors (Lipinski definition) is 8. The molecular formula is C25H32N6O8. The molecule has 2 aromatic rings. The zero-order valence-electron chi connectivity index (χ0n) is 21.1. The van der Waals surface area contributed by atoms with Crippen molar-refractivity contribution in [3.05, 3.63) is 36.0 Å². The summed E-state index contributed by atoms with van der Waals surface area (Å²) >= 11 is 0. The normalized spacial score (nSPS) is 17.1. The first-order valence-electron chi connectivity index (χ1n) is 12.5. The fourth-order valence-electron chi connectivity index (χ4n) is 4.39. The van der Waals surface area contributed by atoms with E-state index < -0.39 is 66.2 Å². The minimum atomic E-state index is -1.51. The number of aromatic amines is 1. The molecule has 4 atom stereocenters. The van der Waals surface area contributed by atoms with Crippen LogP contribution in [-0.4, -0.2) is 81.5 Å². The van der Waals surface area contributed by atoms with E-state index in [0.717, 1.165) is 17.3 Å². The number of aromatic nitrogens is 1. The van der Waals surface area contributed by atoms with E-state index in [9.17, 15) is 39.0 Å². The van der Waals surface area contributed by atoms with Crippen molar-refractivity contribution in [3.63, 3.8) is 0 Å². The fraction of sp³-hybridized carbons (Fsp3) is 0.440. The van der Waals surface area contributed by atoms with E-state index in [2.05, 4.69) is 26.3 Å². The number of carbonyl (C=O) groups is 6. The summed E-state index contributed by atoms with van der Waals surface area (Å²) in [6.45, 7) is 0.604. The summed E-state index contributed by atoms with van der Waals surface area (Å²) in [6, 6.07) is 2.33. The molecule has 1 saturated heterocycles. The minimum Gasteiger partial charge on any atom is -0.481 e. The minimum absolute atomic E-state index is 0.0757. The van der Waals surface area contributed by atoms with E-state index in [1.54, 1.807) is 18.3 Å². The van der Waals surface area contributed by atoms with Crippen molar-refractivity contribution >= 4 is 46.5 Å². The van der Waals surface area contributed by atoms with Crippen LogP contribution in [0.2, 0.25) is 0 Å². The third kappa shape index (κ3) is 8.26. The number of para-hydroxylation sites is 1. The van der Waals surface area contributed by atoms with Gasteiger partial charge >= 0.3 is 11.9 Å². The SMILES string of the molecule is NC(=O)CCC(NC(=O)C(CC(=O)O)NC(=O)C1CCCN1)C(=O)NC(Cc1c[nH]c2ccccc12)C(=O)O. The molecule has 4 amide bonds. The lowest BCUT2D eigenvalue weighted by Gasteiger charge is -2.24. The molecule has 1 aromatic carbocycles. The Morgan fingerprint density at radius 3 is 2.31 bits per heavy atom. The van der Waals surface area contributed by atoms with E-state index in [1.165, 1.54) is 0 Å². The average Bonchev–Trinajstić information content (AvgIpc) is 3.56. The molecule has 9 N–H and O–H groups in total. The van der Waals surface area contributed by atoms with Crippen LogP contribution in [0.15, 0.2) is 30.5 Å². The van der Waals surface area contributed by atoms with Crippen LogP contribution in [-0.2, 0) is 35.2 Å². The maximum atomic E-state index is 13.1. The second-order valence-corrected chi connectivity index (χ2v) is 9.34. The zero-order chi connectivity index (χ0) is 28.5. The van der Waals surface area contributed by atoms with Crippen LogP contribution in [0, 0.1) is 0 Å². The smallest absolute Gasteiger partial charge is 0.326 e. The molecule has 0 saturated carbocycles. The first-order valence-corrected chi connectivity index (χ1v) is 12.5. The molecule has 14 heteroatoms. The maximum Gasteiger partial charge on any atom is 0.326 e. The van der Waals surface area contributed by atoms with Crippen molar-refractivity contribution in [1.29, 1.82) is 0 Å². The highest BCUT2D eigenvalue weighted by atomic mass is 16.4. The van der Waals surface area contributed by atoms with Crippen LogP contribution < -0.4 is 27.0 Å². The molecule has 0 bridgehead atoms. The van der Waals surface area contributed by atoms with Gasteiger partial charge in [-0.15, -0.1) is 0 Å². The standard InChI is InChI=1S/C25H32N6O8/c26-20(32)8-7-17(29-24(37)18(11-21(33)34)30-22(35)16-6-3-9-27-16)23(36)31-19(25(38)39)10-13-12-28-15-5-2-1-4-14(13)15/h1-2,4-5,12,16-19,27-28H,3,6-11H2,(H2,26,32)(H,29,37)(H,30,35)(H,31,36)(H,33,34)(H,38,39). The van der Waals surface area contributed by atoms with Gasteiger partial charge in [0.15, 0.2) is 0 Å². The molecule has 0 radical (unpaired) electrons. The molecule has 3 rings (SSSR count). The molecule has 0 spiro atoms. The van der Waals surface area contributed by atoms with Crippen LogP contribution in [0.25, 0.3) is 10.9 Å². The Balaban J connectivity index is 1.73.